The van der Waals surface area contributed by atoms with Crippen molar-refractivity contribution in [3.63, 3.8) is 0 Å². The first kappa shape index (κ1) is 14.1. The first-order valence-corrected chi connectivity index (χ1v) is 6.90. The molecule has 0 saturated carbocycles. The van der Waals surface area contributed by atoms with Gasteiger partial charge in [0.15, 0.2) is 9.84 Å². The van der Waals surface area contributed by atoms with Crippen molar-refractivity contribution in [3.05, 3.63) is 35.6 Å². The van der Waals surface area contributed by atoms with Gasteiger partial charge in [0.2, 0.25) is 0 Å². The van der Waals surface area contributed by atoms with Crippen molar-refractivity contribution in [2.24, 2.45) is 0 Å². The van der Waals surface area contributed by atoms with Crippen LogP contribution in [-0.4, -0.2) is 36.2 Å². The van der Waals surface area contributed by atoms with Crippen LogP contribution in [0.15, 0.2) is 24.3 Å². The van der Waals surface area contributed by atoms with Crippen molar-refractivity contribution >= 4 is 9.84 Å². The lowest BCUT2D eigenvalue weighted by Crippen LogP contribution is -2.33. The van der Waals surface area contributed by atoms with E-state index in [0.717, 1.165) is 6.07 Å². The highest BCUT2D eigenvalue weighted by atomic mass is 32.2. The maximum Gasteiger partial charge on any atom is 0.158 e. The second kappa shape index (κ2) is 5.57. The first-order valence-electron chi connectivity index (χ1n) is 5.18. The summed E-state index contributed by atoms with van der Waals surface area (Å²) in [5, 5.41) is 17.6. The minimum Gasteiger partial charge on any atom is -0.395 e. The molecule has 1 aromatic rings. The van der Waals surface area contributed by atoms with Gasteiger partial charge >= 0.3 is 0 Å². The summed E-state index contributed by atoms with van der Waals surface area (Å²) < 4.78 is 36.2. The highest BCUT2D eigenvalue weighted by Gasteiger charge is 2.31. The molecule has 2 N–H and O–H groups in total. The molecule has 0 bridgehead atoms. The third-order valence-electron chi connectivity index (χ3n) is 2.59. The van der Waals surface area contributed by atoms with Crippen LogP contribution in [-0.2, 0) is 9.84 Å². The zero-order valence-corrected chi connectivity index (χ0v) is 10.2. The number of aliphatic hydroxyl groups is 2. The minimum atomic E-state index is -3.59. The molecule has 0 amide bonds. The van der Waals surface area contributed by atoms with Gasteiger partial charge in [-0.25, -0.2) is 12.8 Å². The zero-order chi connectivity index (χ0) is 13.1. The van der Waals surface area contributed by atoms with E-state index in [-0.39, 0.29) is 11.3 Å². The molecule has 0 heterocycles. The molecule has 6 heteroatoms. The largest absolute Gasteiger partial charge is 0.395 e. The molecule has 0 aliphatic rings. The van der Waals surface area contributed by atoms with Gasteiger partial charge < -0.3 is 10.2 Å². The van der Waals surface area contributed by atoms with Gasteiger partial charge in [0.05, 0.1) is 12.7 Å². The smallest absolute Gasteiger partial charge is 0.158 e. The van der Waals surface area contributed by atoms with Gasteiger partial charge in [-0.1, -0.05) is 19.1 Å². The minimum absolute atomic E-state index is 0.140. The lowest BCUT2D eigenvalue weighted by Gasteiger charge is -2.20. The van der Waals surface area contributed by atoms with Crippen LogP contribution in [0.5, 0.6) is 0 Å². The quantitative estimate of drug-likeness (QED) is 0.817. The van der Waals surface area contributed by atoms with E-state index in [1.165, 1.54) is 25.1 Å². The number of benzene rings is 1. The summed E-state index contributed by atoms with van der Waals surface area (Å²) in [6.45, 7) is 0.726. The van der Waals surface area contributed by atoms with E-state index < -0.39 is 33.6 Å². The van der Waals surface area contributed by atoms with Gasteiger partial charge in [-0.2, -0.15) is 0 Å². The molecule has 0 aromatic heterocycles. The maximum absolute atomic E-state index is 13.0. The Labute approximate surface area is 99.6 Å². The molecule has 4 nitrogen and oxygen atoms in total. The fourth-order valence-corrected chi connectivity index (χ4v) is 2.73. The van der Waals surface area contributed by atoms with Gasteiger partial charge in [-0.15, -0.1) is 0 Å². The number of aliphatic hydroxyl groups excluding tert-OH is 2. The molecule has 1 rings (SSSR count). The van der Waals surface area contributed by atoms with Crippen molar-refractivity contribution in [2.75, 3.05) is 12.4 Å². The van der Waals surface area contributed by atoms with Crippen molar-refractivity contribution in [1.29, 1.82) is 0 Å². The molecule has 0 fully saturated rings. The molecule has 0 radical (unpaired) electrons. The molecule has 96 valence electrons. The maximum atomic E-state index is 13.0. The van der Waals surface area contributed by atoms with Crippen molar-refractivity contribution in [1.82, 2.24) is 0 Å². The number of sulfone groups is 1. The van der Waals surface area contributed by atoms with Crippen LogP contribution in [0, 0.1) is 5.82 Å². The average Bonchev–Trinajstić information content (AvgIpc) is 2.29. The number of hydrogen-bond acceptors (Lipinski definition) is 4. The second-order valence-corrected chi connectivity index (χ2v) is 6.18. The predicted molar refractivity (Wildman–Crippen MR) is 61.7 cm³/mol. The molecule has 0 aliphatic carbocycles. The molecule has 0 unspecified atom stereocenters. The van der Waals surface area contributed by atoms with E-state index in [2.05, 4.69) is 0 Å². The van der Waals surface area contributed by atoms with Gasteiger partial charge in [0.25, 0.3) is 0 Å². The zero-order valence-electron chi connectivity index (χ0n) is 9.38. The third kappa shape index (κ3) is 3.24. The van der Waals surface area contributed by atoms with E-state index in [0.29, 0.717) is 0 Å². The molecule has 17 heavy (non-hydrogen) atoms. The average molecular weight is 262 g/mol. The number of hydrogen-bond donors (Lipinski definition) is 2. The summed E-state index contributed by atoms with van der Waals surface area (Å²) in [6, 6.07) is 5.04. The fraction of sp³-hybridized carbons (Fsp3) is 0.455. The Balaban J connectivity index is 3.06. The van der Waals surface area contributed by atoms with Crippen LogP contribution in [0.25, 0.3) is 0 Å². The first-order chi connectivity index (χ1) is 7.92. The highest BCUT2D eigenvalue weighted by molar-refractivity contribution is 7.92. The van der Waals surface area contributed by atoms with E-state index >= 15 is 0 Å². The van der Waals surface area contributed by atoms with Crippen LogP contribution in [0.4, 0.5) is 4.39 Å². The summed E-state index contributed by atoms with van der Waals surface area (Å²) in [7, 11) is -3.59. The van der Waals surface area contributed by atoms with Crippen molar-refractivity contribution in [2.45, 2.75) is 18.3 Å². The Morgan fingerprint density at radius 2 is 2.06 bits per heavy atom. The fourth-order valence-electron chi connectivity index (χ4n) is 1.53. The van der Waals surface area contributed by atoms with E-state index in [4.69, 9.17) is 5.11 Å². The standard InChI is InChI=1S/C11H15FO4S/c1-2-17(15,16)10(7-13)11(14)8-4-3-5-9(12)6-8/h3-6,10-11,13-14H,2,7H2,1H3/t10-,11+/m1/s1. The molecule has 0 spiro atoms. The van der Waals surface area contributed by atoms with Gasteiger partial charge in [0, 0.05) is 5.75 Å². The Hall–Kier alpha value is -0.980. The van der Waals surface area contributed by atoms with Crippen LogP contribution in [0.2, 0.25) is 0 Å². The van der Waals surface area contributed by atoms with E-state index in [9.17, 15) is 17.9 Å². The Bertz CT molecular complexity index is 472. The summed E-state index contributed by atoms with van der Waals surface area (Å²) in [4.78, 5) is 0. The van der Waals surface area contributed by atoms with E-state index in [1.807, 2.05) is 0 Å². The monoisotopic (exact) mass is 262 g/mol. The van der Waals surface area contributed by atoms with E-state index in [1.54, 1.807) is 0 Å². The Morgan fingerprint density at radius 1 is 1.41 bits per heavy atom. The second-order valence-electron chi connectivity index (χ2n) is 3.67. The van der Waals surface area contributed by atoms with Crippen LogP contribution in [0.3, 0.4) is 0 Å². The summed E-state index contributed by atoms with van der Waals surface area (Å²) in [5.74, 6) is -0.753. The van der Waals surface area contributed by atoms with Gasteiger partial charge in [-0.3, -0.25) is 0 Å². The Morgan fingerprint density at radius 3 is 2.53 bits per heavy atom. The molecule has 0 saturated heterocycles. The van der Waals surface area contributed by atoms with Crippen LogP contribution >= 0.6 is 0 Å². The molecule has 2 atom stereocenters. The summed E-state index contributed by atoms with van der Waals surface area (Å²) in [6.07, 6.45) is -1.43. The highest BCUT2D eigenvalue weighted by Crippen LogP contribution is 2.23. The van der Waals surface area contributed by atoms with Crippen molar-refractivity contribution < 1.29 is 23.0 Å². The molecule has 0 aliphatic heterocycles. The topological polar surface area (TPSA) is 74.6 Å². The molecular weight excluding hydrogens is 247 g/mol. The van der Waals surface area contributed by atoms with Crippen molar-refractivity contribution in [3.8, 4) is 0 Å². The normalized spacial score (nSPS) is 15.5. The summed E-state index contributed by atoms with van der Waals surface area (Å²) in [5.41, 5.74) is 0.140. The van der Waals surface area contributed by atoms with Gasteiger partial charge in [-0.05, 0) is 17.7 Å². The number of halogens is 1. The lowest BCUT2D eigenvalue weighted by atomic mass is 10.1. The Kier molecular flexibility index (Phi) is 4.62. The van der Waals surface area contributed by atoms with Crippen LogP contribution < -0.4 is 0 Å². The summed E-state index contributed by atoms with van der Waals surface area (Å²) >= 11 is 0. The van der Waals surface area contributed by atoms with Gasteiger partial charge in [0.1, 0.15) is 11.1 Å². The van der Waals surface area contributed by atoms with Crippen LogP contribution in [0.1, 0.15) is 18.6 Å². The predicted octanol–water partition coefficient (Wildman–Crippen LogP) is 0.655. The molecule has 1 aromatic carbocycles. The third-order valence-corrected chi connectivity index (χ3v) is 4.72. The molecular formula is C11H15FO4S. The lowest BCUT2D eigenvalue weighted by molar-refractivity contribution is 0.137. The SMILES string of the molecule is CCS(=O)(=O)[C@H](CO)[C@@H](O)c1cccc(F)c1. The number of rotatable bonds is 5.